The van der Waals surface area contributed by atoms with Gasteiger partial charge in [0.15, 0.2) is 0 Å². The lowest BCUT2D eigenvalue weighted by molar-refractivity contribution is -0.120. The number of hydrogen-bond acceptors (Lipinski definition) is 3. The zero-order valence-corrected chi connectivity index (χ0v) is 13.8. The highest BCUT2D eigenvalue weighted by Gasteiger charge is 2.15. The van der Waals surface area contributed by atoms with Gasteiger partial charge in [0.25, 0.3) is 5.56 Å². The van der Waals surface area contributed by atoms with Gasteiger partial charge in [-0.25, -0.2) is 0 Å². The summed E-state index contributed by atoms with van der Waals surface area (Å²) in [5, 5.41) is 2.62. The minimum absolute atomic E-state index is 0.0757. The van der Waals surface area contributed by atoms with Gasteiger partial charge in [-0.05, 0) is 44.5 Å². The lowest BCUT2D eigenvalue weighted by Crippen LogP contribution is -2.33. The standard InChI is InChI=1S/C17H20N2O2S/c1-11-9-12(2)19-17(21)15(11)10-18-16(20)13(3)22-14-7-5-4-6-8-14/h4-9,13H,10H2,1-3H3,(H,18,20)(H,19,21)/t13-/m1/s1. The summed E-state index contributed by atoms with van der Waals surface area (Å²) in [7, 11) is 0. The predicted molar refractivity (Wildman–Crippen MR) is 90.1 cm³/mol. The van der Waals surface area contributed by atoms with Crippen molar-refractivity contribution in [2.24, 2.45) is 0 Å². The Balaban J connectivity index is 1.97. The summed E-state index contributed by atoms with van der Waals surface area (Å²) in [6.07, 6.45) is 0. The van der Waals surface area contributed by atoms with Gasteiger partial charge in [-0.15, -0.1) is 11.8 Å². The zero-order valence-electron chi connectivity index (χ0n) is 13.0. The maximum absolute atomic E-state index is 12.2. The van der Waals surface area contributed by atoms with Crippen LogP contribution < -0.4 is 10.9 Å². The number of carbonyl (C=O) groups is 1. The molecular weight excluding hydrogens is 296 g/mol. The number of amides is 1. The number of hydrogen-bond donors (Lipinski definition) is 2. The number of nitrogens with one attached hydrogen (secondary N) is 2. The number of thioether (sulfide) groups is 1. The van der Waals surface area contributed by atoms with E-state index in [9.17, 15) is 9.59 Å². The van der Waals surface area contributed by atoms with Gasteiger partial charge in [0.05, 0.1) is 5.25 Å². The molecule has 0 saturated carbocycles. The molecule has 0 unspecified atom stereocenters. The Hall–Kier alpha value is -2.01. The second-order valence-electron chi connectivity index (χ2n) is 5.23. The maximum atomic E-state index is 12.2. The van der Waals surface area contributed by atoms with Crippen LogP contribution in [0.5, 0.6) is 0 Å². The molecule has 1 aromatic carbocycles. The first kappa shape index (κ1) is 16.4. The van der Waals surface area contributed by atoms with Crippen molar-refractivity contribution in [1.82, 2.24) is 10.3 Å². The van der Waals surface area contributed by atoms with Crippen molar-refractivity contribution >= 4 is 17.7 Å². The van der Waals surface area contributed by atoms with Crippen LogP contribution in [0.2, 0.25) is 0 Å². The van der Waals surface area contributed by atoms with Gasteiger partial charge < -0.3 is 10.3 Å². The summed E-state index contributed by atoms with van der Waals surface area (Å²) in [6.45, 7) is 5.83. The largest absolute Gasteiger partial charge is 0.351 e. The Morgan fingerprint density at radius 2 is 1.95 bits per heavy atom. The van der Waals surface area contributed by atoms with E-state index in [0.29, 0.717) is 5.56 Å². The van der Waals surface area contributed by atoms with E-state index >= 15 is 0 Å². The molecule has 22 heavy (non-hydrogen) atoms. The van der Waals surface area contributed by atoms with E-state index in [1.54, 1.807) is 0 Å². The fourth-order valence-corrected chi connectivity index (χ4v) is 3.09. The minimum Gasteiger partial charge on any atom is -0.351 e. The Bertz CT molecular complexity index is 710. The normalized spacial score (nSPS) is 12.0. The third-order valence-corrected chi connectivity index (χ3v) is 4.47. The van der Waals surface area contributed by atoms with Gasteiger partial charge in [-0.3, -0.25) is 9.59 Å². The molecule has 0 spiro atoms. The first-order chi connectivity index (χ1) is 10.5. The smallest absolute Gasteiger partial charge is 0.253 e. The van der Waals surface area contributed by atoms with Crippen molar-refractivity contribution < 1.29 is 4.79 Å². The average Bonchev–Trinajstić information content (AvgIpc) is 2.46. The third-order valence-electron chi connectivity index (χ3n) is 3.36. The molecule has 0 saturated heterocycles. The van der Waals surface area contributed by atoms with E-state index < -0.39 is 0 Å². The molecule has 1 amide bonds. The molecule has 116 valence electrons. The van der Waals surface area contributed by atoms with Crippen molar-refractivity contribution in [2.45, 2.75) is 37.5 Å². The van der Waals surface area contributed by atoms with Crippen molar-refractivity contribution in [1.29, 1.82) is 0 Å². The van der Waals surface area contributed by atoms with Gasteiger partial charge in [0, 0.05) is 22.7 Å². The first-order valence-electron chi connectivity index (χ1n) is 7.16. The molecule has 1 aromatic heterocycles. The number of H-pyrrole nitrogens is 1. The first-order valence-corrected chi connectivity index (χ1v) is 8.04. The Labute approximate surface area is 134 Å². The fourth-order valence-electron chi connectivity index (χ4n) is 2.18. The molecule has 2 aromatic rings. The van der Waals surface area contributed by atoms with Crippen LogP contribution in [0.1, 0.15) is 23.7 Å². The highest BCUT2D eigenvalue weighted by Crippen LogP contribution is 2.22. The van der Waals surface area contributed by atoms with Crippen LogP contribution in [0, 0.1) is 13.8 Å². The lowest BCUT2D eigenvalue weighted by Gasteiger charge is -2.13. The van der Waals surface area contributed by atoms with Crippen LogP contribution in [0.15, 0.2) is 46.1 Å². The fraction of sp³-hybridized carbons (Fsp3) is 0.294. The molecule has 0 aliphatic heterocycles. The number of pyridine rings is 1. The average molecular weight is 316 g/mol. The van der Waals surface area contributed by atoms with Gasteiger partial charge in [-0.1, -0.05) is 18.2 Å². The second kappa shape index (κ2) is 7.31. The summed E-state index contributed by atoms with van der Waals surface area (Å²) >= 11 is 1.50. The third kappa shape index (κ3) is 4.24. The summed E-state index contributed by atoms with van der Waals surface area (Å²) in [5.41, 5.74) is 2.19. The Kier molecular flexibility index (Phi) is 5.44. The van der Waals surface area contributed by atoms with E-state index in [2.05, 4.69) is 10.3 Å². The Morgan fingerprint density at radius 1 is 1.27 bits per heavy atom. The van der Waals surface area contributed by atoms with Crippen molar-refractivity contribution in [3.8, 4) is 0 Å². The quantitative estimate of drug-likeness (QED) is 0.834. The summed E-state index contributed by atoms with van der Waals surface area (Å²) in [4.78, 5) is 27.9. The topological polar surface area (TPSA) is 62.0 Å². The van der Waals surface area contributed by atoms with Gasteiger partial charge in [-0.2, -0.15) is 0 Å². The summed E-state index contributed by atoms with van der Waals surface area (Å²) in [6, 6.07) is 11.7. The number of aromatic nitrogens is 1. The molecule has 1 atom stereocenters. The predicted octanol–water partition coefficient (Wildman–Crippen LogP) is 2.79. The van der Waals surface area contributed by atoms with E-state index in [0.717, 1.165) is 16.2 Å². The molecule has 0 radical (unpaired) electrons. The van der Waals surface area contributed by atoms with Crippen LogP contribution in [0.3, 0.4) is 0 Å². The number of aryl methyl sites for hydroxylation is 2. The summed E-state index contributed by atoms with van der Waals surface area (Å²) < 4.78 is 0. The van der Waals surface area contributed by atoms with E-state index in [1.165, 1.54) is 11.8 Å². The van der Waals surface area contributed by atoms with E-state index in [-0.39, 0.29) is 23.3 Å². The lowest BCUT2D eigenvalue weighted by atomic mass is 10.1. The van der Waals surface area contributed by atoms with Crippen LogP contribution in [-0.2, 0) is 11.3 Å². The molecule has 0 bridgehead atoms. The van der Waals surface area contributed by atoms with Crippen LogP contribution >= 0.6 is 11.8 Å². The Morgan fingerprint density at radius 3 is 2.59 bits per heavy atom. The monoisotopic (exact) mass is 316 g/mol. The van der Waals surface area contributed by atoms with Gasteiger partial charge in [0.2, 0.25) is 5.91 Å². The van der Waals surface area contributed by atoms with Crippen LogP contribution in [0.4, 0.5) is 0 Å². The summed E-state index contributed by atoms with van der Waals surface area (Å²) in [5.74, 6) is -0.0757. The molecule has 5 heteroatoms. The van der Waals surface area contributed by atoms with E-state index in [4.69, 9.17) is 0 Å². The van der Waals surface area contributed by atoms with Crippen LogP contribution in [0.25, 0.3) is 0 Å². The molecule has 2 N–H and O–H groups in total. The van der Waals surface area contributed by atoms with Crippen LogP contribution in [-0.4, -0.2) is 16.1 Å². The molecule has 2 rings (SSSR count). The minimum atomic E-state index is -0.216. The van der Waals surface area contributed by atoms with Crippen molar-refractivity contribution in [3.63, 3.8) is 0 Å². The highest BCUT2D eigenvalue weighted by atomic mass is 32.2. The highest BCUT2D eigenvalue weighted by molar-refractivity contribution is 8.00. The zero-order chi connectivity index (χ0) is 16.1. The molecule has 1 heterocycles. The maximum Gasteiger partial charge on any atom is 0.253 e. The number of carbonyl (C=O) groups excluding carboxylic acids is 1. The molecule has 0 aliphatic carbocycles. The van der Waals surface area contributed by atoms with Gasteiger partial charge in [0.1, 0.15) is 0 Å². The molecule has 0 aliphatic rings. The SMILES string of the molecule is Cc1cc(C)c(CNC(=O)[C@@H](C)Sc2ccccc2)c(=O)[nH]1. The van der Waals surface area contributed by atoms with Gasteiger partial charge >= 0.3 is 0 Å². The number of benzene rings is 1. The number of rotatable bonds is 5. The molecule has 4 nitrogen and oxygen atoms in total. The number of aromatic amines is 1. The van der Waals surface area contributed by atoms with Crippen molar-refractivity contribution in [2.75, 3.05) is 0 Å². The van der Waals surface area contributed by atoms with E-state index in [1.807, 2.05) is 57.2 Å². The molecule has 0 fully saturated rings. The second-order valence-corrected chi connectivity index (χ2v) is 6.65. The molecular formula is C17H20N2O2S. The van der Waals surface area contributed by atoms with Crippen molar-refractivity contribution in [3.05, 3.63) is 63.6 Å².